The number of nitrogens with zero attached hydrogens (tertiary/aromatic N) is 4. The molecule has 3 aromatic carbocycles. The Bertz CT molecular complexity index is 1670. The Morgan fingerprint density at radius 1 is 0.938 bits per heavy atom. The Kier molecular flexibility index (Phi) is 12.1. The number of hydrogen-bond donors (Lipinski definition) is 3. The van der Waals surface area contributed by atoms with E-state index < -0.39 is 22.7 Å². The van der Waals surface area contributed by atoms with Crippen molar-refractivity contribution >= 4 is 29.1 Å². The Balaban J connectivity index is 1.36. The third-order valence-electron chi connectivity index (χ3n) is 7.97. The molecule has 15 nitrogen and oxygen atoms in total. The maximum atomic E-state index is 13.2. The van der Waals surface area contributed by atoms with E-state index in [1.807, 2.05) is 12.1 Å². The summed E-state index contributed by atoms with van der Waals surface area (Å²) in [5.41, 5.74) is 12.2. The summed E-state index contributed by atoms with van der Waals surface area (Å²) in [5, 5.41) is 14.1. The number of ether oxygens (including phenoxy) is 4. The number of rotatable bonds is 14. The van der Waals surface area contributed by atoms with Gasteiger partial charge in [0.2, 0.25) is 5.75 Å². The van der Waals surface area contributed by atoms with Crippen LogP contribution in [0.5, 0.6) is 23.0 Å². The highest BCUT2D eigenvalue weighted by atomic mass is 16.6. The lowest BCUT2D eigenvalue weighted by Crippen LogP contribution is -2.46. The molecule has 1 fully saturated rings. The number of hydrogen-bond acceptors (Lipinski definition) is 10. The first-order valence-corrected chi connectivity index (χ1v) is 15.2. The molecule has 2 amide bonds. The summed E-state index contributed by atoms with van der Waals surface area (Å²) in [6, 6.07) is 12.6. The molecule has 0 spiro atoms. The fourth-order valence-electron chi connectivity index (χ4n) is 5.50. The van der Waals surface area contributed by atoms with Crippen LogP contribution in [0.3, 0.4) is 0 Å². The number of anilines is 1. The van der Waals surface area contributed by atoms with Crippen LogP contribution in [0.25, 0.3) is 0 Å². The van der Waals surface area contributed by atoms with Crippen LogP contribution in [0.15, 0.2) is 53.5 Å². The third kappa shape index (κ3) is 8.68. The number of nitro groups is 1. The van der Waals surface area contributed by atoms with Gasteiger partial charge >= 0.3 is 0 Å². The SMILES string of the molecule is COc1ccc(CN2CCN(CCCOc3ccc(C(=O)N=C(N)N)cc3NC(=O)c3cccc([N+](=O)[O-])c3C)CC2)c(OC)c1OC. The molecule has 1 saturated heterocycles. The monoisotopic (exact) mass is 663 g/mol. The number of carbonyl (C=O) groups excluding carboxylic acids is 2. The van der Waals surface area contributed by atoms with Crippen LogP contribution in [0.1, 0.15) is 38.3 Å². The van der Waals surface area contributed by atoms with Crippen molar-refractivity contribution in [1.29, 1.82) is 0 Å². The predicted octanol–water partition coefficient (Wildman–Crippen LogP) is 3.18. The number of carbonyl (C=O) groups is 2. The van der Waals surface area contributed by atoms with Crippen molar-refractivity contribution < 1.29 is 33.5 Å². The highest BCUT2D eigenvalue weighted by Gasteiger charge is 2.22. The van der Waals surface area contributed by atoms with Crippen molar-refractivity contribution in [2.24, 2.45) is 16.5 Å². The van der Waals surface area contributed by atoms with Crippen LogP contribution in [0.2, 0.25) is 0 Å². The van der Waals surface area contributed by atoms with Gasteiger partial charge in [-0.05, 0) is 43.7 Å². The van der Waals surface area contributed by atoms with Crippen molar-refractivity contribution in [3.8, 4) is 23.0 Å². The molecule has 0 saturated carbocycles. The summed E-state index contributed by atoms with van der Waals surface area (Å²) < 4.78 is 22.6. The highest BCUT2D eigenvalue weighted by molar-refractivity contribution is 6.08. The lowest BCUT2D eigenvalue weighted by Gasteiger charge is -2.35. The van der Waals surface area contributed by atoms with Crippen LogP contribution in [0, 0.1) is 17.0 Å². The number of nitro benzene ring substituents is 1. The molecule has 1 aliphatic heterocycles. The van der Waals surface area contributed by atoms with Gasteiger partial charge in [-0.15, -0.1) is 0 Å². The number of nitrogens with one attached hydrogen (secondary N) is 1. The number of nitrogens with two attached hydrogens (primary N) is 2. The second kappa shape index (κ2) is 16.4. The van der Waals surface area contributed by atoms with E-state index in [0.717, 1.165) is 38.3 Å². The van der Waals surface area contributed by atoms with Crippen LogP contribution < -0.4 is 35.7 Å². The molecule has 1 aliphatic rings. The molecule has 256 valence electrons. The number of amides is 2. The summed E-state index contributed by atoms with van der Waals surface area (Å²) in [6.45, 7) is 6.84. The Morgan fingerprint density at radius 2 is 1.62 bits per heavy atom. The number of aliphatic imine (C=N–C) groups is 1. The van der Waals surface area contributed by atoms with E-state index in [2.05, 4.69) is 20.1 Å². The summed E-state index contributed by atoms with van der Waals surface area (Å²) in [5.74, 6) is 0.478. The van der Waals surface area contributed by atoms with E-state index in [0.29, 0.717) is 42.6 Å². The highest BCUT2D eigenvalue weighted by Crippen LogP contribution is 2.40. The minimum atomic E-state index is -0.702. The van der Waals surface area contributed by atoms with Gasteiger partial charge in [0, 0.05) is 67.6 Å². The summed E-state index contributed by atoms with van der Waals surface area (Å²) in [4.78, 5) is 44.8. The van der Waals surface area contributed by atoms with Crippen molar-refractivity contribution in [3.05, 3.63) is 80.9 Å². The van der Waals surface area contributed by atoms with Gasteiger partial charge < -0.3 is 40.6 Å². The number of piperazine rings is 1. The Morgan fingerprint density at radius 3 is 2.27 bits per heavy atom. The first-order chi connectivity index (χ1) is 23.1. The van der Waals surface area contributed by atoms with Gasteiger partial charge in [0.25, 0.3) is 17.5 Å². The second-order valence-corrected chi connectivity index (χ2v) is 11.0. The van der Waals surface area contributed by atoms with Crippen molar-refractivity contribution in [2.75, 3.05) is 66.0 Å². The maximum absolute atomic E-state index is 13.2. The van der Waals surface area contributed by atoms with Crippen LogP contribution in [0.4, 0.5) is 11.4 Å². The smallest absolute Gasteiger partial charge is 0.280 e. The van der Waals surface area contributed by atoms with E-state index in [1.54, 1.807) is 27.4 Å². The molecule has 48 heavy (non-hydrogen) atoms. The van der Waals surface area contributed by atoms with Crippen molar-refractivity contribution in [1.82, 2.24) is 9.80 Å². The largest absolute Gasteiger partial charge is 0.493 e. The molecular weight excluding hydrogens is 622 g/mol. The quantitative estimate of drug-likeness (QED) is 0.0750. The zero-order valence-electron chi connectivity index (χ0n) is 27.5. The van der Waals surface area contributed by atoms with E-state index in [9.17, 15) is 19.7 Å². The molecule has 5 N–H and O–H groups in total. The van der Waals surface area contributed by atoms with E-state index in [-0.39, 0.29) is 28.1 Å². The first-order valence-electron chi connectivity index (χ1n) is 15.2. The topological polar surface area (TPSA) is 197 Å². The van der Waals surface area contributed by atoms with Gasteiger partial charge in [-0.2, -0.15) is 4.99 Å². The molecule has 0 radical (unpaired) electrons. The normalized spacial score (nSPS) is 13.3. The van der Waals surface area contributed by atoms with Gasteiger partial charge in [0.15, 0.2) is 17.5 Å². The van der Waals surface area contributed by atoms with Gasteiger partial charge in [-0.1, -0.05) is 12.1 Å². The van der Waals surface area contributed by atoms with Crippen LogP contribution in [-0.2, 0) is 6.54 Å². The minimum absolute atomic E-state index is 0.111. The zero-order chi connectivity index (χ0) is 34.8. The molecular formula is C33H41N7O8. The molecule has 0 aliphatic carbocycles. The summed E-state index contributed by atoms with van der Waals surface area (Å²) in [6.07, 6.45) is 0.704. The fraction of sp³-hybridized carbons (Fsp3) is 0.364. The Labute approximate surface area is 278 Å². The number of methoxy groups -OCH3 is 3. The van der Waals surface area contributed by atoms with Gasteiger partial charge in [0.1, 0.15) is 5.75 Å². The zero-order valence-corrected chi connectivity index (χ0v) is 27.5. The van der Waals surface area contributed by atoms with Gasteiger partial charge in [0.05, 0.1) is 38.5 Å². The fourth-order valence-corrected chi connectivity index (χ4v) is 5.50. The van der Waals surface area contributed by atoms with Gasteiger partial charge in [-0.25, -0.2) is 0 Å². The molecule has 15 heteroatoms. The van der Waals surface area contributed by atoms with Crippen LogP contribution >= 0.6 is 0 Å². The third-order valence-corrected chi connectivity index (χ3v) is 7.97. The van der Waals surface area contributed by atoms with E-state index >= 15 is 0 Å². The average molecular weight is 664 g/mol. The van der Waals surface area contributed by atoms with Crippen molar-refractivity contribution in [3.63, 3.8) is 0 Å². The molecule has 0 atom stereocenters. The molecule has 0 bridgehead atoms. The molecule has 3 aromatic rings. The molecule has 1 heterocycles. The predicted molar refractivity (Wildman–Crippen MR) is 180 cm³/mol. The van der Waals surface area contributed by atoms with E-state index in [4.69, 9.17) is 30.4 Å². The average Bonchev–Trinajstić information content (AvgIpc) is 3.07. The van der Waals surface area contributed by atoms with Crippen LogP contribution in [-0.4, -0.2) is 93.2 Å². The summed E-state index contributed by atoms with van der Waals surface area (Å²) >= 11 is 0. The standard InChI is InChI=1S/C33H41N7O8/c1-21-24(7-5-8-26(21)40(43)44)32(42)36-25-19-22(31(41)37-33(34)35)9-11-27(25)48-18-6-13-38-14-16-39(17-15-38)20-23-10-12-28(45-2)30(47-4)29(23)46-3/h5,7-12,19H,6,13-18,20H2,1-4H3,(H,36,42)(H4,34,35,37,41). The Hall–Kier alpha value is -5.41. The molecule has 4 rings (SSSR count). The maximum Gasteiger partial charge on any atom is 0.280 e. The number of benzene rings is 3. The molecule has 0 unspecified atom stereocenters. The summed E-state index contributed by atoms with van der Waals surface area (Å²) in [7, 11) is 4.81. The van der Waals surface area contributed by atoms with Crippen molar-refractivity contribution in [2.45, 2.75) is 19.9 Å². The number of guanidine groups is 1. The van der Waals surface area contributed by atoms with Gasteiger partial charge in [-0.3, -0.25) is 24.6 Å². The van der Waals surface area contributed by atoms with E-state index in [1.165, 1.54) is 37.3 Å². The minimum Gasteiger partial charge on any atom is -0.493 e. The second-order valence-electron chi connectivity index (χ2n) is 11.0. The lowest BCUT2D eigenvalue weighted by atomic mass is 10.1. The first kappa shape index (κ1) is 35.4. The molecule has 0 aromatic heterocycles. The lowest BCUT2D eigenvalue weighted by molar-refractivity contribution is -0.385.